The molecule has 2 N–H and O–H groups in total. The molecule has 130 valence electrons. The van der Waals surface area contributed by atoms with Gasteiger partial charge >= 0.3 is 0 Å². The first kappa shape index (κ1) is 19.2. The Bertz CT molecular complexity index is 631. The number of methoxy groups -OCH3 is 2. The largest absolute Gasteiger partial charge is 0.497 e. The molecule has 1 aromatic carbocycles. The van der Waals surface area contributed by atoms with Crippen molar-refractivity contribution in [1.82, 2.24) is 10.0 Å². The molecule has 0 unspecified atom stereocenters. The third kappa shape index (κ3) is 6.07. The first-order valence-corrected chi connectivity index (χ1v) is 8.98. The second-order valence-electron chi connectivity index (χ2n) is 5.07. The fourth-order valence-electron chi connectivity index (χ4n) is 1.83. The molecule has 0 radical (unpaired) electrons. The first-order chi connectivity index (χ1) is 10.8. The van der Waals surface area contributed by atoms with Crippen LogP contribution in [-0.4, -0.2) is 46.9 Å². The second-order valence-corrected chi connectivity index (χ2v) is 6.94. The van der Waals surface area contributed by atoms with E-state index in [1.165, 1.54) is 14.2 Å². The fourth-order valence-corrected chi connectivity index (χ4v) is 3.10. The van der Waals surface area contributed by atoms with E-state index < -0.39 is 15.9 Å². The number of nitrogens with one attached hydrogen (secondary N) is 2. The van der Waals surface area contributed by atoms with E-state index in [-0.39, 0.29) is 18.3 Å². The molecule has 23 heavy (non-hydrogen) atoms. The van der Waals surface area contributed by atoms with E-state index in [4.69, 9.17) is 9.47 Å². The van der Waals surface area contributed by atoms with Crippen LogP contribution in [0.15, 0.2) is 18.2 Å². The standard InChI is InChI=1S/C15H24N2O5S/c1-5-11(2)17-23(19,20)9-8-16-15(18)13-7-6-12(21-3)10-14(13)22-4/h6-7,10-11,17H,5,8-9H2,1-4H3,(H,16,18)/t11-/m0/s1. The number of ether oxygens (including phenoxy) is 2. The minimum Gasteiger partial charge on any atom is -0.497 e. The summed E-state index contributed by atoms with van der Waals surface area (Å²) in [6, 6.07) is 4.67. The Hall–Kier alpha value is -1.80. The van der Waals surface area contributed by atoms with E-state index in [2.05, 4.69) is 10.0 Å². The molecule has 0 heterocycles. The van der Waals surface area contributed by atoms with Crippen molar-refractivity contribution in [1.29, 1.82) is 0 Å². The predicted molar refractivity (Wildman–Crippen MR) is 88.6 cm³/mol. The SMILES string of the molecule is CC[C@H](C)NS(=O)(=O)CCNC(=O)c1ccc(OC)cc1OC. The van der Waals surface area contributed by atoms with Crippen LogP contribution in [0.25, 0.3) is 0 Å². The van der Waals surface area contributed by atoms with Crippen LogP contribution in [0, 0.1) is 0 Å². The molecule has 0 aliphatic heterocycles. The van der Waals surface area contributed by atoms with Gasteiger partial charge in [-0.2, -0.15) is 0 Å². The van der Waals surface area contributed by atoms with Gasteiger partial charge in [-0.05, 0) is 25.5 Å². The van der Waals surface area contributed by atoms with E-state index in [0.717, 1.165) is 0 Å². The van der Waals surface area contributed by atoms with E-state index >= 15 is 0 Å². The van der Waals surface area contributed by atoms with Crippen LogP contribution in [0.3, 0.4) is 0 Å². The van der Waals surface area contributed by atoms with Crippen molar-refractivity contribution >= 4 is 15.9 Å². The summed E-state index contributed by atoms with van der Waals surface area (Å²) in [7, 11) is -0.445. The maximum atomic E-state index is 12.1. The monoisotopic (exact) mass is 344 g/mol. The molecule has 0 bridgehead atoms. The molecule has 0 spiro atoms. The Kier molecular flexibility index (Phi) is 7.31. The van der Waals surface area contributed by atoms with Crippen LogP contribution in [0.1, 0.15) is 30.6 Å². The number of rotatable bonds is 9. The van der Waals surface area contributed by atoms with Crippen LogP contribution >= 0.6 is 0 Å². The lowest BCUT2D eigenvalue weighted by molar-refractivity contribution is 0.0953. The minimum atomic E-state index is -3.41. The highest BCUT2D eigenvalue weighted by molar-refractivity contribution is 7.89. The third-order valence-electron chi connectivity index (χ3n) is 3.30. The third-order valence-corrected chi connectivity index (χ3v) is 4.81. The first-order valence-electron chi connectivity index (χ1n) is 7.33. The zero-order chi connectivity index (χ0) is 17.5. The number of carbonyl (C=O) groups excluding carboxylic acids is 1. The summed E-state index contributed by atoms with van der Waals surface area (Å²) in [4.78, 5) is 12.1. The van der Waals surface area contributed by atoms with Gasteiger partial charge in [-0.3, -0.25) is 4.79 Å². The highest BCUT2D eigenvalue weighted by Crippen LogP contribution is 2.24. The zero-order valence-corrected chi connectivity index (χ0v) is 14.7. The molecule has 0 saturated carbocycles. The van der Waals surface area contributed by atoms with Gasteiger partial charge in [0.15, 0.2) is 0 Å². The van der Waals surface area contributed by atoms with Crippen molar-refractivity contribution in [2.24, 2.45) is 0 Å². The molecule has 0 aromatic heterocycles. The van der Waals surface area contributed by atoms with Crippen LogP contribution < -0.4 is 19.5 Å². The average molecular weight is 344 g/mol. The quantitative estimate of drug-likeness (QED) is 0.701. The topological polar surface area (TPSA) is 93.7 Å². The van der Waals surface area contributed by atoms with Gasteiger partial charge in [0, 0.05) is 18.7 Å². The van der Waals surface area contributed by atoms with Crippen molar-refractivity contribution in [3.63, 3.8) is 0 Å². The summed E-state index contributed by atoms with van der Waals surface area (Å²) in [5.74, 6) is 0.353. The number of hydrogen-bond donors (Lipinski definition) is 2. The van der Waals surface area contributed by atoms with Gasteiger partial charge in [0.1, 0.15) is 11.5 Å². The van der Waals surface area contributed by atoms with Gasteiger partial charge in [-0.1, -0.05) is 6.92 Å². The van der Waals surface area contributed by atoms with Crippen LogP contribution in [0.4, 0.5) is 0 Å². The number of carbonyl (C=O) groups is 1. The van der Waals surface area contributed by atoms with Crippen molar-refractivity contribution in [2.45, 2.75) is 26.3 Å². The molecular weight excluding hydrogens is 320 g/mol. The Morgan fingerprint density at radius 2 is 1.96 bits per heavy atom. The van der Waals surface area contributed by atoms with Crippen molar-refractivity contribution in [2.75, 3.05) is 26.5 Å². The summed E-state index contributed by atoms with van der Waals surface area (Å²) < 4.78 is 36.4. The fraction of sp³-hybridized carbons (Fsp3) is 0.533. The smallest absolute Gasteiger partial charge is 0.255 e. The number of sulfonamides is 1. The molecule has 1 amide bonds. The number of amides is 1. The molecular formula is C15H24N2O5S. The molecule has 0 aliphatic rings. The van der Waals surface area contributed by atoms with Crippen LogP contribution in [-0.2, 0) is 10.0 Å². The molecule has 0 fully saturated rings. The summed E-state index contributed by atoms with van der Waals surface area (Å²) in [5, 5.41) is 2.58. The van der Waals surface area contributed by atoms with Crippen molar-refractivity contribution in [3.8, 4) is 11.5 Å². The lowest BCUT2D eigenvalue weighted by atomic mass is 10.2. The molecule has 7 nitrogen and oxygen atoms in total. The molecule has 1 rings (SSSR count). The van der Waals surface area contributed by atoms with Gasteiger partial charge in [0.25, 0.3) is 5.91 Å². The Morgan fingerprint density at radius 3 is 2.52 bits per heavy atom. The van der Waals surface area contributed by atoms with E-state index in [1.807, 2.05) is 6.92 Å². The Balaban J connectivity index is 2.64. The van der Waals surface area contributed by atoms with Crippen molar-refractivity contribution < 1.29 is 22.7 Å². The van der Waals surface area contributed by atoms with E-state index in [9.17, 15) is 13.2 Å². The molecule has 1 atom stereocenters. The predicted octanol–water partition coefficient (Wildman–Crippen LogP) is 1.15. The molecule has 1 aromatic rings. The maximum absolute atomic E-state index is 12.1. The van der Waals surface area contributed by atoms with E-state index in [0.29, 0.717) is 23.5 Å². The molecule has 0 aliphatic carbocycles. The van der Waals surface area contributed by atoms with Gasteiger partial charge in [0.2, 0.25) is 10.0 Å². The molecule has 8 heteroatoms. The van der Waals surface area contributed by atoms with Crippen LogP contribution in [0.2, 0.25) is 0 Å². The highest BCUT2D eigenvalue weighted by atomic mass is 32.2. The zero-order valence-electron chi connectivity index (χ0n) is 13.9. The van der Waals surface area contributed by atoms with Gasteiger partial charge in [-0.15, -0.1) is 0 Å². The second kappa shape index (κ2) is 8.73. The summed E-state index contributed by atoms with van der Waals surface area (Å²) in [5.41, 5.74) is 0.320. The lowest BCUT2D eigenvalue weighted by Crippen LogP contribution is -2.38. The van der Waals surface area contributed by atoms with Crippen molar-refractivity contribution in [3.05, 3.63) is 23.8 Å². The highest BCUT2D eigenvalue weighted by Gasteiger charge is 2.16. The lowest BCUT2D eigenvalue weighted by Gasteiger charge is -2.13. The molecule has 0 saturated heterocycles. The summed E-state index contributed by atoms with van der Waals surface area (Å²) in [6.45, 7) is 3.70. The van der Waals surface area contributed by atoms with Gasteiger partial charge < -0.3 is 14.8 Å². The van der Waals surface area contributed by atoms with E-state index in [1.54, 1.807) is 25.1 Å². The minimum absolute atomic E-state index is 0.0137. The maximum Gasteiger partial charge on any atom is 0.255 e. The average Bonchev–Trinajstić information content (AvgIpc) is 2.53. The van der Waals surface area contributed by atoms with Gasteiger partial charge in [0.05, 0.1) is 25.5 Å². The summed E-state index contributed by atoms with van der Waals surface area (Å²) >= 11 is 0. The number of benzene rings is 1. The normalized spacial score (nSPS) is 12.5. The summed E-state index contributed by atoms with van der Waals surface area (Å²) in [6.07, 6.45) is 0.703. The Labute approximate surface area is 137 Å². The van der Waals surface area contributed by atoms with Crippen LogP contribution in [0.5, 0.6) is 11.5 Å². The Morgan fingerprint density at radius 1 is 1.26 bits per heavy atom. The van der Waals surface area contributed by atoms with Gasteiger partial charge in [-0.25, -0.2) is 13.1 Å². The number of hydrogen-bond acceptors (Lipinski definition) is 5.